The number of amides is 1. The lowest BCUT2D eigenvalue weighted by Gasteiger charge is -2.34. The first-order valence-corrected chi connectivity index (χ1v) is 9.06. The molecule has 128 valence electrons. The molecule has 0 saturated carbocycles. The molecule has 4 heteroatoms. The zero-order chi connectivity index (χ0) is 16.7. The van der Waals surface area contributed by atoms with E-state index in [1.807, 2.05) is 12.1 Å². The number of nitrogens with zero attached hydrogens (tertiary/aromatic N) is 2. The van der Waals surface area contributed by atoms with Gasteiger partial charge in [-0.25, -0.2) is 0 Å². The molecular formula is C19H31N3O. The Kier molecular flexibility index (Phi) is 6.90. The second-order valence-electron chi connectivity index (χ2n) is 6.30. The molecule has 23 heavy (non-hydrogen) atoms. The predicted octanol–water partition coefficient (Wildman–Crippen LogP) is 3.74. The number of carbonyl (C=O) groups excluding carboxylic acids is 1. The van der Waals surface area contributed by atoms with Crippen LogP contribution in [0, 0.1) is 0 Å². The monoisotopic (exact) mass is 317 g/mol. The lowest BCUT2D eigenvalue weighted by molar-refractivity contribution is -0.118. The molecule has 0 radical (unpaired) electrons. The van der Waals surface area contributed by atoms with Gasteiger partial charge in [0.15, 0.2) is 0 Å². The highest BCUT2D eigenvalue weighted by Gasteiger charge is 2.22. The van der Waals surface area contributed by atoms with Gasteiger partial charge in [0, 0.05) is 30.5 Å². The van der Waals surface area contributed by atoms with Gasteiger partial charge in [0.1, 0.15) is 0 Å². The van der Waals surface area contributed by atoms with Crippen molar-refractivity contribution in [3.8, 4) is 0 Å². The smallest absolute Gasteiger partial charge is 0.238 e. The van der Waals surface area contributed by atoms with Crippen molar-refractivity contribution in [3.63, 3.8) is 0 Å². The van der Waals surface area contributed by atoms with Crippen LogP contribution in [0.4, 0.5) is 11.4 Å². The van der Waals surface area contributed by atoms with Crippen LogP contribution in [0.3, 0.4) is 0 Å². The first-order chi connectivity index (χ1) is 11.2. The maximum atomic E-state index is 12.3. The first kappa shape index (κ1) is 17.8. The zero-order valence-corrected chi connectivity index (χ0v) is 14.8. The second kappa shape index (κ2) is 8.92. The summed E-state index contributed by atoms with van der Waals surface area (Å²) in [6, 6.07) is 8.73. The van der Waals surface area contributed by atoms with Crippen LogP contribution in [0.25, 0.3) is 0 Å². The third-order valence-electron chi connectivity index (χ3n) is 4.85. The molecule has 0 spiro atoms. The van der Waals surface area contributed by atoms with Gasteiger partial charge in [-0.3, -0.25) is 9.69 Å². The quantitative estimate of drug-likeness (QED) is 0.832. The molecule has 1 saturated heterocycles. The maximum Gasteiger partial charge on any atom is 0.238 e. The number of rotatable bonds is 7. The van der Waals surface area contributed by atoms with Gasteiger partial charge in [0.05, 0.1) is 6.54 Å². The van der Waals surface area contributed by atoms with Gasteiger partial charge in [-0.1, -0.05) is 13.3 Å². The predicted molar refractivity (Wildman–Crippen MR) is 98.1 cm³/mol. The summed E-state index contributed by atoms with van der Waals surface area (Å²) in [5.41, 5.74) is 2.09. The van der Waals surface area contributed by atoms with Crippen molar-refractivity contribution in [1.29, 1.82) is 0 Å². The molecule has 1 aliphatic rings. The van der Waals surface area contributed by atoms with Crippen molar-refractivity contribution in [2.45, 2.75) is 52.5 Å². The van der Waals surface area contributed by atoms with Gasteiger partial charge in [0.25, 0.3) is 0 Å². The van der Waals surface area contributed by atoms with Crippen LogP contribution in [-0.4, -0.2) is 43.0 Å². The number of nitrogens with one attached hydrogen (secondary N) is 1. The van der Waals surface area contributed by atoms with Crippen LogP contribution >= 0.6 is 0 Å². The molecule has 1 amide bonds. The number of hydrogen-bond donors (Lipinski definition) is 1. The summed E-state index contributed by atoms with van der Waals surface area (Å²) in [4.78, 5) is 16.9. The Morgan fingerprint density at radius 2 is 1.87 bits per heavy atom. The molecule has 1 N–H and O–H groups in total. The number of hydrogen-bond acceptors (Lipinski definition) is 3. The van der Waals surface area contributed by atoms with Crippen LogP contribution in [0.5, 0.6) is 0 Å². The minimum absolute atomic E-state index is 0.0981. The average Bonchev–Trinajstić information content (AvgIpc) is 2.58. The Morgan fingerprint density at radius 1 is 1.17 bits per heavy atom. The van der Waals surface area contributed by atoms with E-state index in [4.69, 9.17) is 0 Å². The normalized spacial score (nSPS) is 18.7. The van der Waals surface area contributed by atoms with Gasteiger partial charge in [-0.15, -0.1) is 0 Å². The van der Waals surface area contributed by atoms with Crippen LogP contribution in [0.15, 0.2) is 24.3 Å². The molecule has 1 unspecified atom stereocenters. The Labute approximate surface area is 140 Å². The van der Waals surface area contributed by atoms with Crippen LogP contribution in [0.2, 0.25) is 0 Å². The summed E-state index contributed by atoms with van der Waals surface area (Å²) in [7, 11) is 0. The summed E-state index contributed by atoms with van der Waals surface area (Å²) in [5, 5.41) is 3.04. The first-order valence-electron chi connectivity index (χ1n) is 9.06. The zero-order valence-electron chi connectivity index (χ0n) is 14.8. The Morgan fingerprint density at radius 3 is 2.48 bits per heavy atom. The van der Waals surface area contributed by atoms with Crippen molar-refractivity contribution in [3.05, 3.63) is 24.3 Å². The molecule has 1 aliphatic heterocycles. The van der Waals surface area contributed by atoms with Gasteiger partial charge in [-0.05, 0) is 63.9 Å². The molecular weight excluding hydrogens is 286 g/mol. The molecule has 0 aromatic heterocycles. The summed E-state index contributed by atoms with van der Waals surface area (Å²) in [5.74, 6) is 0.0981. The van der Waals surface area contributed by atoms with E-state index < -0.39 is 0 Å². The molecule has 1 atom stereocenters. The van der Waals surface area contributed by atoms with E-state index in [-0.39, 0.29) is 5.91 Å². The molecule has 1 heterocycles. The molecule has 1 fully saturated rings. The Hall–Kier alpha value is -1.55. The molecule has 2 rings (SSSR count). The molecule has 1 aromatic carbocycles. The minimum Gasteiger partial charge on any atom is -0.372 e. The number of benzene rings is 1. The number of anilines is 2. The van der Waals surface area contributed by atoms with E-state index in [2.05, 4.69) is 48.0 Å². The van der Waals surface area contributed by atoms with E-state index in [0.29, 0.717) is 12.6 Å². The average molecular weight is 317 g/mol. The fourth-order valence-electron chi connectivity index (χ4n) is 3.46. The largest absolute Gasteiger partial charge is 0.372 e. The topological polar surface area (TPSA) is 35.6 Å². The molecule has 0 aliphatic carbocycles. The molecule has 4 nitrogen and oxygen atoms in total. The van der Waals surface area contributed by atoms with Crippen LogP contribution in [-0.2, 0) is 4.79 Å². The van der Waals surface area contributed by atoms with Crippen molar-refractivity contribution < 1.29 is 4.79 Å². The lowest BCUT2D eigenvalue weighted by atomic mass is 10.00. The standard InChI is InChI=1S/C19H31N3O/c1-4-17-9-7-8-14-22(17)15-19(23)20-16-10-12-18(13-11-16)21(5-2)6-3/h10-13,17H,4-9,14-15H2,1-3H3,(H,20,23). The summed E-state index contributed by atoms with van der Waals surface area (Å²) in [6.07, 6.45) is 4.86. The van der Waals surface area contributed by atoms with Crippen LogP contribution in [0.1, 0.15) is 46.5 Å². The summed E-state index contributed by atoms with van der Waals surface area (Å²) in [6.45, 7) is 10.1. The van der Waals surface area contributed by atoms with Crippen molar-refractivity contribution in [2.75, 3.05) is 36.4 Å². The van der Waals surface area contributed by atoms with E-state index >= 15 is 0 Å². The van der Waals surface area contributed by atoms with Crippen molar-refractivity contribution >= 4 is 17.3 Å². The fraction of sp³-hybridized carbons (Fsp3) is 0.632. The third kappa shape index (κ3) is 4.96. The van der Waals surface area contributed by atoms with E-state index in [9.17, 15) is 4.79 Å². The van der Waals surface area contributed by atoms with E-state index in [0.717, 1.165) is 31.7 Å². The van der Waals surface area contributed by atoms with Gasteiger partial charge < -0.3 is 10.2 Å². The maximum absolute atomic E-state index is 12.3. The van der Waals surface area contributed by atoms with Gasteiger partial charge in [0.2, 0.25) is 5.91 Å². The SMILES string of the molecule is CCC1CCCCN1CC(=O)Nc1ccc(N(CC)CC)cc1. The molecule has 1 aromatic rings. The Balaban J connectivity index is 1.89. The minimum atomic E-state index is 0.0981. The van der Waals surface area contributed by atoms with E-state index in [1.54, 1.807) is 0 Å². The highest BCUT2D eigenvalue weighted by atomic mass is 16.2. The highest BCUT2D eigenvalue weighted by molar-refractivity contribution is 5.92. The highest BCUT2D eigenvalue weighted by Crippen LogP contribution is 2.20. The molecule has 0 bridgehead atoms. The summed E-state index contributed by atoms with van der Waals surface area (Å²) >= 11 is 0. The number of carbonyl (C=O) groups is 1. The van der Waals surface area contributed by atoms with Crippen molar-refractivity contribution in [2.24, 2.45) is 0 Å². The lowest BCUT2D eigenvalue weighted by Crippen LogP contribution is -2.43. The summed E-state index contributed by atoms with van der Waals surface area (Å²) < 4.78 is 0. The number of piperidine rings is 1. The third-order valence-corrected chi connectivity index (χ3v) is 4.85. The van der Waals surface area contributed by atoms with Gasteiger partial charge >= 0.3 is 0 Å². The Bertz CT molecular complexity index is 482. The van der Waals surface area contributed by atoms with Crippen LogP contribution < -0.4 is 10.2 Å². The van der Waals surface area contributed by atoms with E-state index in [1.165, 1.54) is 24.9 Å². The van der Waals surface area contributed by atoms with Gasteiger partial charge in [-0.2, -0.15) is 0 Å². The van der Waals surface area contributed by atoms with Crippen molar-refractivity contribution in [1.82, 2.24) is 4.90 Å². The number of likely N-dealkylation sites (tertiary alicyclic amines) is 1. The fourth-order valence-corrected chi connectivity index (χ4v) is 3.46. The second-order valence-corrected chi connectivity index (χ2v) is 6.30.